The van der Waals surface area contributed by atoms with Gasteiger partial charge in [0.15, 0.2) is 10.4 Å². The maximum absolute atomic E-state index is 5.43. The predicted molar refractivity (Wildman–Crippen MR) is 71.7 cm³/mol. The molecule has 90 valence electrons. The summed E-state index contributed by atoms with van der Waals surface area (Å²) in [4.78, 5) is 7.78. The molecule has 0 aromatic carbocycles. The van der Waals surface area contributed by atoms with Crippen LogP contribution >= 0.6 is 12.2 Å². The minimum absolute atomic E-state index is 0.575. The Morgan fingerprint density at radius 2 is 2.41 bits per heavy atom. The monoisotopic (exact) mass is 247 g/mol. The van der Waals surface area contributed by atoms with E-state index in [2.05, 4.69) is 28.4 Å². The number of nitrogens with one attached hydrogen (secondary N) is 1. The van der Waals surface area contributed by atoms with Crippen molar-refractivity contribution in [3.8, 4) is 0 Å². The molecule has 1 N–H and O–H groups in total. The van der Waals surface area contributed by atoms with Crippen LogP contribution in [0.3, 0.4) is 0 Å². The zero-order valence-corrected chi connectivity index (χ0v) is 11.0. The van der Waals surface area contributed by atoms with E-state index in [9.17, 15) is 0 Å². The number of aromatic nitrogens is 3. The van der Waals surface area contributed by atoms with Crippen molar-refractivity contribution in [2.24, 2.45) is 5.92 Å². The molecule has 0 amide bonds. The first kappa shape index (κ1) is 11.0. The second kappa shape index (κ2) is 3.95. The number of fused-ring (bicyclic) bond motifs is 1. The average molecular weight is 247 g/mol. The van der Waals surface area contributed by atoms with E-state index in [1.165, 1.54) is 24.8 Å². The van der Waals surface area contributed by atoms with E-state index < -0.39 is 0 Å². The molecule has 1 aliphatic rings. The normalized spacial score (nSPS) is 23.2. The molecule has 2 atom stereocenters. The van der Waals surface area contributed by atoms with Gasteiger partial charge in [-0.2, -0.15) is 0 Å². The molecule has 3 nitrogen and oxygen atoms in total. The number of hydrogen-bond donors (Lipinski definition) is 1. The van der Waals surface area contributed by atoms with Crippen LogP contribution in [-0.2, 0) is 0 Å². The van der Waals surface area contributed by atoms with Gasteiger partial charge in [-0.25, -0.2) is 4.98 Å². The Labute approximate surface area is 106 Å². The summed E-state index contributed by atoms with van der Waals surface area (Å²) < 4.78 is 3.04. The molecule has 0 bridgehead atoms. The lowest BCUT2D eigenvalue weighted by atomic mass is 10.2. The summed E-state index contributed by atoms with van der Waals surface area (Å²) in [7, 11) is 0. The Balaban J connectivity index is 2.09. The lowest BCUT2D eigenvalue weighted by Gasteiger charge is -2.02. The maximum atomic E-state index is 5.43. The number of pyridine rings is 1. The van der Waals surface area contributed by atoms with Gasteiger partial charge in [0.05, 0.1) is 5.52 Å². The van der Waals surface area contributed by atoms with Crippen molar-refractivity contribution in [1.82, 2.24) is 14.5 Å². The molecule has 0 spiro atoms. The van der Waals surface area contributed by atoms with Gasteiger partial charge in [0.25, 0.3) is 0 Å². The molecule has 3 rings (SSSR count). The summed E-state index contributed by atoms with van der Waals surface area (Å²) in [6.07, 6.45) is 5.67. The Hall–Kier alpha value is -1.16. The molecule has 2 aromatic rings. The van der Waals surface area contributed by atoms with Crippen LogP contribution in [0.5, 0.6) is 0 Å². The fourth-order valence-corrected chi connectivity index (χ4v) is 3.00. The van der Waals surface area contributed by atoms with E-state index >= 15 is 0 Å². The average Bonchev–Trinajstić information content (AvgIpc) is 2.94. The first-order chi connectivity index (χ1) is 8.22. The van der Waals surface area contributed by atoms with E-state index in [0.29, 0.717) is 6.04 Å². The molecule has 2 unspecified atom stereocenters. The van der Waals surface area contributed by atoms with Crippen LogP contribution in [0.15, 0.2) is 12.3 Å². The summed E-state index contributed by atoms with van der Waals surface area (Å²) in [6.45, 7) is 4.34. The van der Waals surface area contributed by atoms with E-state index in [0.717, 1.165) is 21.9 Å². The lowest BCUT2D eigenvalue weighted by Crippen LogP contribution is -1.98. The molecule has 0 radical (unpaired) electrons. The van der Waals surface area contributed by atoms with Crippen LogP contribution in [0, 0.1) is 17.6 Å². The topological polar surface area (TPSA) is 33.6 Å². The van der Waals surface area contributed by atoms with Gasteiger partial charge in [0, 0.05) is 12.2 Å². The maximum Gasteiger partial charge on any atom is 0.179 e. The zero-order valence-electron chi connectivity index (χ0n) is 10.2. The minimum atomic E-state index is 0.575. The third kappa shape index (κ3) is 1.71. The van der Waals surface area contributed by atoms with Crippen LogP contribution in [0.4, 0.5) is 0 Å². The Bertz CT molecular complexity index is 611. The number of nitrogens with zero attached hydrogens (tertiary/aromatic N) is 2. The molecule has 1 fully saturated rings. The van der Waals surface area contributed by atoms with E-state index in [4.69, 9.17) is 12.2 Å². The van der Waals surface area contributed by atoms with Crippen LogP contribution in [0.1, 0.15) is 37.8 Å². The van der Waals surface area contributed by atoms with Crippen molar-refractivity contribution < 1.29 is 0 Å². The van der Waals surface area contributed by atoms with Gasteiger partial charge in [0.2, 0.25) is 0 Å². The number of aryl methyl sites for hydroxylation is 1. The van der Waals surface area contributed by atoms with Crippen molar-refractivity contribution in [3.63, 3.8) is 0 Å². The highest BCUT2D eigenvalue weighted by Gasteiger charge is 2.39. The van der Waals surface area contributed by atoms with Crippen molar-refractivity contribution in [2.75, 3.05) is 0 Å². The number of H-pyrrole nitrogens is 1. The summed E-state index contributed by atoms with van der Waals surface area (Å²) in [5.41, 5.74) is 3.34. The molecule has 1 aliphatic carbocycles. The third-order valence-electron chi connectivity index (χ3n) is 3.69. The fourth-order valence-electron chi connectivity index (χ4n) is 2.68. The van der Waals surface area contributed by atoms with Crippen molar-refractivity contribution in [2.45, 2.75) is 39.2 Å². The Morgan fingerprint density at radius 3 is 3.18 bits per heavy atom. The molecule has 17 heavy (non-hydrogen) atoms. The van der Waals surface area contributed by atoms with E-state index in [1.807, 2.05) is 12.3 Å². The SMILES string of the molecule is CCCC1CC1n1c(=S)[nH]c2c(C)ccnc21. The van der Waals surface area contributed by atoms with Crippen LogP contribution in [0.2, 0.25) is 0 Å². The van der Waals surface area contributed by atoms with Gasteiger partial charge in [-0.05, 0) is 49.5 Å². The molecule has 0 aliphatic heterocycles. The lowest BCUT2D eigenvalue weighted by molar-refractivity contribution is 0.611. The quantitative estimate of drug-likeness (QED) is 0.838. The molecule has 2 heterocycles. The molecular weight excluding hydrogens is 230 g/mol. The first-order valence-corrected chi connectivity index (χ1v) is 6.69. The summed E-state index contributed by atoms with van der Waals surface area (Å²) in [5.74, 6) is 0.799. The van der Waals surface area contributed by atoms with Crippen LogP contribution < -0.4 is 0 Å². The summed E-state index contributed by atoms with van der Waals surface area (Å²) >= 11 is 5.43. The number of aromatic amines is 1. The summed E-state index contributed by atoms with van der Waals surface area (Å²) in [5, 5.41) is 0. The largest absolute Gasteiger partial charge is 0.329 e. The highest BCUT2D eigenvalue weighted by Crippen LogP contribution is 2.47. The van der Waals surface area contributed by atoms with Crippen molar-refractivity contribution in [1.29, 1.82) is 0 Å². The molecule has 2 aromatic heterocycles. The zero-order chi connectivity index (χ0) is 12.0. The molecule has 0 saturated heterocycles. The smallest absolute Gasteiger partial charge is 0.179 e. The standard InChI is InChI=1S/C13H17N3S/c1-3-4-9-7-10(9)16-12-11(15-13(16)17)8(2)5-6-14-12/h5-6,9-10H,3-4,7H2,1-2H3,(H,15,17). The Kier molecular flexibility index (Phi) is 2.54. The second-order valence-corrected chi connectivity index (χ2v) is 5.37. The predicted octanol–water partition coefficient (Wildman–Crippen LogP) is 3.76. The van der Waals surface area contributed by atoms with E-state index in [-0.39, 0.29) is 0 Å². The highest BCUT2D eigenvalue weighted by molar-refractivity contribution is 7.71. The molecular formula is C13H17N3S. The Morgan fingerprint density at radius 1 is 1.59 bits per heavy atom. The molecule has 1 saturated carbocycles. The van der Waals surface area contributed by atoms with Crippen LogP contribution in [-0.4, -0.2) is 14.5 Å². The number of hydrogen-bond acceptors (Lipinski definition) is 2. The molecule has 4 heteroatoms. The number of rotatable bonds is 3. The van der Waals surface area contributed by atoms with Gasteiger partial charge in [-0.1, -0.05) is 13.3 Å². The first-order valence-electron chi connectivity index (χ1n) is 6.28. The second-order valence-electron chi connectivity index (χ2n) is 4.98. The fraction of sp³-hybridized carbons (Fsp3) is 0.538. The van der Waals surface area contributed by atoms with Gasteiger partial charge >= 0.3 is 0 Å². The third-order valence-corrected chi connectivity index (χ3v) is 3.99. The highest BCUT2D eigenvalue weighted by atomic mass is 32.1. The van der Waals surface area contributed by atoms with Crippen molar-refractivity contribution >= 4 is 23.4 Å². The minimum Gasteiger partial charge on any atom is -0.329 e. The van der Waals surface area contributed by atoms with E-state index in [1.54, 1.807) is 0 Å². The van der Waals surface area contributed by atoms with Crippen molar-refractivity contribution in [3.05, 3.63) is 22.6 Å². The van der Waals surface area contributed by atoms with Gasteiger partial charge < -0.3 is 4.98 Å². The van der Waals surface area contributed by atoms with Crippen LogP contribution in [0.25, 0.3) is 11.2 Å². The van der Waals surface area contributed by atoms with Gasteiger partial charge in [0.1, 0.15) is 0 Å². The van der Waals surface area contributed by atoms with Gasteiger partial charge in [-0.3, -0.25) is 4.57 Å². The number of imidazole rings is 1. The summed E-state index contributed by atoms with van der Waals surface area (Å²) in [6, 6.07) is 2.60. The van der Waals surface area contributed by atoms with Gasteiger partial charge in [-0.15, -0.1) is 0 Å².